The van der Waals surface area contributed by atoms with Crippen molar-refractivity contribution >= 4 is 22.4 Å². The molecule has 0 saturated carbocycles. The van der Waals surface area contributed by atoms with E-state index in [1.807, 2.05) is 19.9 Å². The van der Waals surface area contributed by atoms with Crippen LogP contribution in [0.4, 0.5) is 0 Å². The first-order chi connectivity index (χ1) is 7.11. The number of hydrogen-bond donors (Lipinski definition) is 1. The molecule has 0 fully saturated rings. The molecule has 0 saturated heterocycles. The van der Waals surface area contributed by atoms with Crippen molar-refractivity contribution in [1.82, 2.24) is 9.38 Å². The standard InChI is InChI=1S/C11H14N2OS/c1-7(6-14)4-10-9(3)12-11-13(10)5-8(2)15-11/h4-5,14H,6H2,1-3H3. The number of aliphatic hydroxyl groups excluding tert-OH is 1. The normalized spacial score (nSPS) is 12.7. The minimum absolute atomic E-state index is 0.0930. The molecule has 2 rings (SSSR count). The summed E-state index contributed by atoms with van der Waals surface area (Å²) >= 11 is 1.68. The van der Waals surface area contributed by atoms with E-state index >= 15 is 0 Å². The van der Waals surface area contributed by atoms with Crippen molar-refractivity contribution in [1.29, 1.82) is 0 Å². The third-order valence-corrected chi connectivity index (χ3v) is 3.19. The van der Waals surface area contributed by atoms with E-state index in [4.69, 9.17) is 5.11 Å². The molecule has 0 atom stereocenters. The minimum atomic E-state index is 0.0930. The largest absolute Gasteiger partial charge is 0.392 e. The third kappa shape index (κ3) is 1.82. The van der Waals surface area contributed by atoms with Crippen LogP contribution in [0, 0.1) is 13.8 Å². The lowest BCUT2D eigenvalue weighted by Gasteiger charge is -1.96. The Morgan fingerprint density at radius 3 is 3.00 bits per heavy atom. The summed E-state index contributed by atoms with van der Waals surface area (Å²) in [6, 6.07) is 0. The zero-order valence-electron chi connectivity index (χ0n) is 9.11. The molecule has 0 spiro atoms. The van der Waals surface area contributed by atoms with Gasteiger partial charge in [-0.2, -0.15) is 0 Å². The first kappa shape index (κ1) is 10.4. The number of imidazole rings is 1. The van der Waals surface area contributed by atoms with E-state index in [1.165, 1.54) is 4.88 Å². The lowest BCUT2D eigenvalue weighted by atomic mass is 10.2. The fourth-order valence-corrected chi connectivity index (χ4v) is 2.41. The Balaban J connectivity index is 2.62. The number of aromatic nitrogens is 2. The number of aryl methyl sites for hydroxylation is 2. The van der Waals surface area contributed by atoms with E-state index in [9.17, 15) is 0 Å². The van der Waals surface area contributed by atoms with Gasteiger partial charge in [0.1, 0.15) is 0 Å². The van der Waals surface area contributed by atoms with Gasteiger partial charge in [-0.15, -0.1) is 11.3 Å². The topological polar surface area (TPSA) is 37.5 Å². The first-order valence-electron chi connectivity index (χ1n) is 4.85. The summed E-state index contributed by atoms with van der Waals surface area (Å²) in [6.07, 6.45) is 4.07. The van der Waals surface area contributed by atoms with E-state index in [0.29, 0.717) is 0 Å². The van der Waals surface area contributed by atoms with Crippen LogP contribution >= 0.6 is 11.3 Å². The molecule has 2 aromatic heterocycles. The second kappa shape index (κ2) is 3.79. The molecule has 4 heteroatoms. The molecule has 0 aliphatic heterocycles. The SMILES string of the molecule is CC(=Cc1c(C)nc2sc(C)cn12)CO. The molecule has 80 valence electrons. The van der Waals surface area contributed by atoms with Gasteiger partial charge in [0.2, 0.25) is 0 Å². The van der Waals surface area contributed by atoms with Crippen LogP contribution in [-0.2, 0) is 0 Å². The molecular weight excluding hydrogens is 208 g/mol. The van der Waals surface area contributed by atoms with Crippen molar-refractivity contribution in [3.05, 3.63) is 28.0 Å². The molecular formula is C11H14N2OS. The predicted octanol–water partition coefficient (Wildman–Crippen LogP) is 2.41. The van der Waals surface area contributed by atoms with Crippen LogP contribution in [0.15, 0.2) is 11.8 Å². The molecule has 0 aliphatic carbocycles. The monoisotopic (exact) mass is 222 g/mol. The highest BCUT2D eigenvalue weighted by molar-refractivity contribution is 7.17. The molecule has 3 nitrogen and oxygen atoms in total. The highest BCUT2D eigenvalue weighted by atomic mass is 32.1. The van der Waals surface area contributed by atoms with Crippen molar-refractivity contribution < 1.29 is 5.11 Å². The van der Waals surface area contributed by atoms with Gasteiger partial charge in [-0.05, 0) is 32.4 Å². The minimum Gasteiger partial charge on any atom is -0.392 e. The summed E-state index contributed by atoms with van der Waals surface area (Å²) in [7, 11) is 0. The average molecular weight is 222 g/mol. The number of fused-ring (bicyclic) bond motifs is 1. The average Bonchev–Trinajstić information content (AvgIpc) is 2.65. The van der Waals surface area contributed by atoms with Crippen molar-refractivity contribution in [2.75, 3.05) is 6.61 Å². The lowest BCUT2D eigenvalue weighted by molar-refractivity contribution is 0.332. The van der Waals surface area contributed by atoms with Crippen molar-refractivity contribution in [2.24, 2.45) is 0 Å². The number of hydrogen-bond acceptors (Lipinski definition) is 3. The van der Waals surface area contributed by atoms with Crippen molar-refractivity contribution in [3.8, 4) is 0 Å². The molecule has 15 heavy (non-hydrogen) atoms. The van der Waals surface area contributed by atoms with Crippen molar-refractivity contribution in [2.45, 2.75) is 20.8 Å². The molecule has 0 radical (unpaired) electrons. The number of rotatable bonds is 2. The Labute approximate surface area is 92.7 Å². The number of aliphatic hydroxyl groups is 1. The Bertz CT molecular complexity index is 522. The number of nitrogens with zero attached hydrogens (tertiary/aromatic N) is 2. The molecule has 0 aliphatic rings. The molecule has 0 bridgehead atoms. The van der Waals surface area contributed by atoms with Gasteiger partial charge in [0.05, 0.1) is 18.0 Å². The van der Waals surface area contributed by atoms with Gasteiger partial charge in [0.25, 0.3) is 0 Å². The van der Waals surface area contributed by atoms with Crippen LogP contribution in [0.5, 0.6) is 0 Å². The second-order valence-electron chi connectivity index (χ2n) is 3.73. The highest BCUT2D eigenvalue weighted by Gasteiger charge is 2.08. The summed E-state index contributed by atoms with van der Waals surface area (Å²) in [4.78, 5) is 6.74. The summed E-state index contributed by atoms with van der Waals surface area (Å²) in [5.41, 5.74) is 3.03. The van der Waals surface area contributed by atoms with Gasteiger partial charge in [0, 0.05) is 11.1 Å². The fourth-order valence-electron chi connectivity index (χ4n) is 1.53. The van der Waals surface area contributed by atoms with E-state index < -0.39 is 0 Å². The second-order valence-corrected chi connectivity index (χ2v) is 4.94. The Kier molecular flexibility index (Phi) is 2.63. The summed E-state index contributed by atoms with van der Waals surface area (Å²) in [5, 5.41) is 9.01. The van der Waals surface area contributed by atoms with E-state index in [-0.39, 0.29) is 6.61 Å². The highest BCUT2D eigenvalue weighted by Crippen LogP contribution is 2.22. The predicted molar refractivity (Wildman–Crippen MR) is 63.3 cm³/mol. The summed E-state index contributed by atoms with van der Waals surface area (Å²) in [5.74, 6) is 0. The maximum absolute atomic E-state index is 9.01. The van der Waals surface area contributed by atoms with E-state index in [1.54, 1.807) is 11.3 Å². The molecule has 0 unspecified atom stereocenters. The molecule has 1 N–H and O–H groups in total. The smallest absolute Gasteiger partial charge is 0.194 e. The van der Waals surface area contributed by atoms with Gasteiger partial charge < -0.3 is 5.11 Å². The molecule has 2 aromatic rings. The van der Waals surface area contributed by atoms with Crippen LogP contribution in [0.25, 0.3) is 11.0 Å². The molecule has 2 heterocycles. The molecule has 0 amide bonds. The lowest BCUT2D eigenvalue weighted by Crippen LogP contribution is -1.88. The van der Waals surface area contributed by atoms with E-state index in [2.05, 4.69) is 22.5 Å². The fraction of sp³-hybridized carbons (Fsp3) is 0.364. The van der Waals surface area contributed by atoms with Gasteiger partial charge in [-0.25, -0.2) is 4.98 Å². The van der Waals surface area contributed by atoms with Gasteiger partial charge in [-0.1, -0.05) is 0 Å². The Morgan fingerprint density at radius 1 is 1.60 bits per heavy atom. The van der Waals surface area contributed by atoms with Crippen LogP contribution in [0.3, 0.4) is 0 Å². The van der Waals surface area contributed by atoms with Crippen LogP contribution < -0.4 is 0 Å². The quantitative estimate of drug-likeness (QED) is 0.847. The van der Waals surface area contributed by atoms with Gasteiger partial charge in [0.15, 0.2) is 4.96 Å². The summed E-state index contributed by atoms with van der Waals surface area (Å²) < 4.78 is 2.08. The zero-order valence-corrected chi connectivity index (χ0v) is 9.93. The van der Waals surface area contributed by atoms with Crippen LogP contribution in [-0.4, -0.2) is 21.1 Å². The van der Waals surface area contributed by atoms with Crippen LogP contribution in [0.2, 0.25) is 0 Å². The van der Waals surface area contributed by atoms with Gasteiger partial charge in [-0.3, -0.25) is 4.40 Å². The van der Waals surface area contributed by atoms with Crippen molar-refractivity contribution in [3.63, 3.8) is 0 Å². The molecule has 0 aromatic carbocycles. The van der Waals surface area contributed by atoms with Crippen LogP contribution in [0.1, 0.15) is 23.2 Å². The zero-order chi connectivity index (χ0) is 11.0. The van der Waals surface area contributed by atoms with E-state index in [0.717, 1.165) is 21.9 Å². The number of thiazole rings is 1. The Morgan fingerprint density at radius 2 is 2.33 bits per heavy atom. The maximum atomic E-state index is 9.01. The Hall–Kier alpha value is -1.13. The third-order valence-electron chi connectivity index (χ3n) is 2.30. The maximum Gasteiger partial charge on any atom is 0.194 e. The first-order valence-corrected chi connectivity index (χ1v) is 5.66. The van der Waals surface area contributed by atoms with Gasteiger partial charge >= 0.3 is 0 Å². The summed E-state index contributed by atoms with van der Waals surface area (Å²) in [6.45, 7) is 6.07.